The summed E-state index contributed by atoms with van der Waals surface area (Å²) in [5.41, 5.74) is 5.89. The van der Waals surface area contributed by atoms with E-state index in [9.17, 15) is 4.79 Å². The fraction of sp³-hybridized carbons (Fsp3) is 0.429. The third-order valence-electron chi connectivity index (χ3n) is 2.94. The van der Waals surface area contributed by atoms with Crippen LogP contribution in [0.2, 0.25) is 0 Å². The highest BCUT2D eigenvalue weighted by Gasteiger charge is 2.08. The lowest BCUT2D eigenvalue weighted by atomic mass is 10.1. The van der Waals surface area contributed by atoms with Gasteiger partial charge >= 0.3 is 0 Å². The number of nitrogens with one attached hydrogen (secondary N) is 1. The van der Waals surface area contributed by atoms with Crippen molar-refractivity contribution in [3.05, 3.63) is 29.7 Å². The van der Waals surface area contributed by atoms with Crippen molar-refractivity contribution in [1.29, 1.82) is 0 Å². The van der Waals surface area contributed by atoms with E-state index < -0.39 is 0 Å². The molecule has 0 saturated carbocycles. The highest BCUT2D eigenvalue weighted by molar-refractivity contribution is 5.76. The van der Waals surface area contributed by atoms with Crippen molar-refractivity contribution in [2.75, 3.05) is 13.1 Å². The van der Waals surface area contributed by atoms with Crippen LogP contribution in [0.1, 0.15) is 24.8 Å². The summed E-state index contributed by atoms with van der Waals surface area (Å²) in [6.07, 6.45) is 2.56. The molecule has 1 aromatic heterocycles. The van der Waals surface area contributed by atoms with E-state index in [0.717, 1.165) is 42.5 Å². The predicted molar refractivity (Wildman–Crippen MR) is 73.5 cm³/mol. The zero-order valence-electron chi connectivity index (χ0n) is 11.3. The molecular formula is C14H19N3O2. The van der Waals surface area contributed by atoms with Gasteiger partial charge in [-0.3, -0.25) is 9.80 Å². The topological polar surface area (TPSA) is 58.4 Å². The highest BCUT2D eigenvalue weighted by atomic mass is 16.3. The van der Waals surface area contributed by atoms with Crippen molar-refractivity contribution >= 4 is 17.5 Å². The Balaban J connectivity index is 1.99. The van der Waals surface area contributed by atoms with E-state index in [1.54, 1.807) is 5.01 Å². The Hall–Kier alpha value is -1.88. The molecule has 0 atom stereocenters. The van der Waals surface area contributed by atoms with Crippen LogP contribution < -0.4 is 5.43 Å². The van der Waals surface area contributed by atoms with Crippen LogP contribution in [0, 0.1) is 6.92 Å². The Morgan fingerprint density at radius 2 is 2.32 bits per heavy atom. The SMILES string of the molecule is CCNN(C=O)CCCc1cccc2nc(C)oc12. The largest absolute Gasteiger partial charge is 0.441 e. The van der Waals surface area contributed by atoms with Gasteiger partial charge in [0.2, 0.25) is 6.41 Å². The molecule has 1 N–H and O–H groups in total. The molecule has 5 nitrogen and oxygen atoms in total. The molecular weight excluding hydrogens is 242 g/mol. The number of nitrogens with zero attached hydrogens (tertiary/aromatic N) is 2. The Kier molecular flexibility index (Phi) is 4.52. The van der Waals surface area contributed by atoms with Gasteiger partial charge in [-0.25, -0.2) is 10.4 Å². The maximum Gasteiger partial charge on any atom is 0.223 e. The summed E-state index contributed by atoms with van der Waals surface area (Å²) in [4.78, 5) is 15.1. The number of aryl methyl sites for hydroxylation is 2. The molecule has 2 aromatic rings. The maximum atomic E-state index is 10.8. The van der Waals surface area contributed by atoms with Crippen LogP contribution in [0.25, 0.3) is 11.1 Å². The fourth-order valence-electron chi connectivity index (χ4n) is 2.13. The minimum Gasteiger partial charge on any atom is -0.441 e. The number of oxazole rings is 1. The van der Waals surface area contributed by atoms with E-state index in [0.29, 0.717) is 12.4 Å². The van der Waals surface area contributed by atoms with Crippen LogP contribution >= 0.6 is 0 Å². The second-order valence-corrected chi connectivity index (χ2v) is 4.41. The molecule has 102 valence electrons. The van der Waals surface area contributed by atoms with Crippen LogP contribution in [0.4, 0.5) is 0 Å². The number of benzene rings is 1. The van der Waals surface area contributed by atoms with Gasteiger partial charge in [-0.15, -0.1) is 0 Å². The van der Waals surface area contributed by atoms with E-state index in [1.807, 2.05) is 32.0 Å². The number of amides is 1. The van der Waals surface area contributed by atoms with Crippen molar-refractivity contribution in [3.63, 3.8) is 0 Å². The van der Waals surface area contributed by atoms with Crippen molar-refractivity contribution < 1.29 is 9.21 Å². The number of carbonyl (C=O) groups is 1. The van der Waals surface area contributed by atoms with E-state index in [-0.39, 0.29) is 0 Å². The average molecular weight is 261 g/mol. The number of hydrogen-bond donors (Lipinski definition) is 1. The lowest BCUT2D eigenvalue weighted by Gasteiger charge is -2.16. The third-order valence-corrected chi connectivity index (χ3v) is 2.94. The van der Waals surface area contributed by atoms with E-state index in [2.05, 4.69) is 10.4 Å². The first kappa shape index (κ1) is 13.5. The quantitative estimate of drug-likeness (QED) is 0.612. The minimum absolute atomic E-state index is 0.681. The first-order valence-electron chi connectivity index (χ1n) is 6.55. The van der Waals surface area contributed by atoms with Gasteiger partial charge in [0, 0.05) is 20.0 Å². The molecule has 0 radical (unpaired) electrons. The number of hydrogen-bond acceptors (Lipinski definition) is 4. The summed E-state index contributed by atoms with van der Waals surface area (Å²) in [6.45, 7) is 5.24. The van der Waals surface area contributed by atoms with Gasteiger partial charge in [-0.2, -0.15) is 0 Å². The van der Waals surface area contributed by atoms with Gasteiger partial charge in [0.15, 0.2) is 11.5 Å². The summed E-state index contributed by atoms with van der Waals surface area (Å²) in [5.74, 6) is 0.685. The standard InChI is InChI=1S/C14H19N3O2/c1-3-15-17(10-18)9-5-7-12-6-4-8-13-14(12)19-11(2)16-13/h4,6,8,10,15H,3,5,7,9H2,1-2H3. The molecule has 19 heavy (non-hydrogen) atoms. The van der Waals surface area contributed by atoms with Crippen LogP contribution in [0.5, 0.6) is 0 Å². The maximum absolute atomic E-state index is 10.8. The van der Waals surface area contributed by atoms with Gasteiger partial charge < -0.3 is 4.42 Å². The molecule has 0 bridgehead atoms. The highest BCUT2D eigenvalue weighted by Crippen LogP contribution is 2.20. The van der Waals surface area contributed by atoms with Gasteiger partial charge in [0.05, 0.1) is 0 Å². The number of carbonyl (C=O) groups excluding carboxylic acids is 1. The van der Waals surface area contributed by atoms with Crippen LogP contribution in [0.15, 0.2) is 22.6 Å². The first-order chi connectivity index (χ1) is 9.24. The van der Waals surface area contributed by atoms with Gasteiger partial charge in [0.1, 0.15) is 5.52 Å². The molecule has 0 aliphatic heterocycles. The summed E-state index contributed by atoms with van der Waals surface area (Å²) in [6, 6.07) is 5.98. The van der Waals surface area contributed by atoms with E-state index >= 15 is 0 Å². The van der Waals surface area contributed by atoms with Gasteiger partial charge in [-0.05, 0) is 24.5 Å². The summed E-state index contributed by atoms with van der Waals surface area (Å²) < 4.78 is 5.62. The smallest absolute Gasteiger partial charge is 0.223 e. The van der Waals surface area contributed by atoms with Crippen LogP contribution in [-0.4, -0.2) is 29.5 Å². The van der Waals surface area contributed by atoms with Crippen molar-refractivity contribution in [1.82, 2.24) is 15.4 Å². The third kappa shape index (κ3) is 3.32. The summed E-state index contributed by atoms with van der Waals surface area (Å²) in [5, 5.41) is 1.58. The number of rotatable bonds is 7. The second kappa shape index (κ2) is 6.33. The van der Waals surface area contributed by atoms with Crippen LogP contribution in [0.3, 0.4) is 0 Å². The molecule has 2 rings (SSSR count). The Bertz CT molecular complexity index is 551. The second-order valence-electron chi connectivity index (χ2n) is 4.41. The van der Waals surface area contributed by atoms with Crippen molar-refractivity contribution in [2.24, 2.45) is 0 Å². The zero-order valence-corrected chi connectivity index (χ0v) is 11.3. The van der Waals surface area contributed by atoms with E-state index in [1.165, 1.54) is 0 Å². The number of hydrazine groups is 1. The molecule has 1 aromatic carbocycles. The molecule has 0 spiro atoms. The lowest BCUT2D eigenvalue weighted by Crippen LogP contribution is -2.37. The molecule has 1 amide bonds. The molecule has 0 unspecified atom stereocenters. The predicted octanol–water partition coefficient (Wildman–Crippen LogP) is 2.05. The lowest BCUT2D eigenvalue weighted by molar-refractivity contribution is -0.120. The molecule has 0 aliphatic carbocycles. The Morgan fingerprint density at radius 3 is 3.05 bits per heavy atom. The summed E-state index contributed by atoms with van der Waals surface area (Å²) >= 11 is 0. The van der Waals surface area contributed by atoms with Gasteiger partial charge in [-0.1, -0.05) is 19.1 Å². The van der Waals surface area contributed by atoms with E-state index in [4.69, 9.17) is 4.42 Å². The average Bonchev–Trinajstić information content (AvgIpc) is 2.78. The van der Waals surface area contributed by atoms with Gasteiger partial charge in [0.25, 0.3) is 0 Å². The summed E-state index contributed by atoms with van der Waals surface area (Å²) in [7, 11) is 0. The van der Waals surface area contributed by atoms with Crippen molar-refractivity contribution in [2.45, 2.75) is 26.7 Å². The van der Waals surface area contributed by atoms with Crippen LogP contribution in [-0.2, 0) is 11.2 Å². The Labute approximate surface area is 112 Å². The number of fused-ring (bicyclic) bond motifs is 1. The number of para-hydroxylation sites is 1. The Morgan fingerprint density at radius 1 is 1.47 bits per heavy atom. The fourth-order valence-corrected chi connectivity index (χ4v) is 2.13. The molecule has 0 fully saturated rings. The molecule has 0 aliphatic rings. The molecule has 5 heteroatoms. The normalized spacial score (nSPS) is 10.8. The first-order valence-corrected chi connectivity index (χ1v) is 6.55. The molecule has 1 heterocycles. The minimum atomic E-state index is 0.681. The van der Waals surface area contributed by atoms with Crippen molar-refractivity contribution in [3.8, 4) is 0 Å². The molecule has 0 saturated heterocycles. The monoisotopic (exact) mass is 261 g/mol. The number of aromatic nitrogens is 1. The zero-order chi connectivity index (χ0) is 13.7.